The highest BCUT2D eigenvalue weighted by Gasteiger charge is 2.07. The number of nitrogens with two attached hydrogens (primary N) is 1. The predicted octanol–water partition coefficient (Wildman–Crippen LogP) is 2.35. The van der Waals surface area contributed by atoms with Gasteiger partial charge >= 0.3 is 0 Å². The third kappa shape index (κ3) is 2.53. The van der Waals surface area contributed by atoms with E-state index in [0.717, 1.165) is 22.4 Å². The normalized spacial score (nSPS) is 12.2. The van der Waals surface area contributed by atoms with Gasteiger partial charge in [0.25, 0.3) is 0 Å². The lowest BCUT2D eigenvalue weighted by atomic mass is 10.0. The lowest BCUT2D eigenvalue weighted by Crippen LogP contribution is -2.11. The number of rotatable bonds is 4. The molecule has 2 rings (SSSR count). The molecular formula is C15H17NO2. The number of hydrogen-bond donors (Lipinski definition) is 2. The van der Waals surface area contributed by atoms with E-state index in [1.54, 1.807) is 7.11 Å². The van der Waals surface area contributed by atoms with Crippen molar-refractivity contribution in [1.82, 2.24) is 0 Å². The zero-order chi connectivity index (χ0) is 13.0. The summed E-state index contributed by atoms with van der Waals surface area (Å²) in [5.74, 6) is 0.838. The van der Waals surface area contributed by atoms with Gasteiger partial charge in [0.05, 0.1) is 13.2 Å². The molecule has 0 heterocycles. The minimum Gasteiger partial charge on any atom is -0.496 e. The van der Waals surface area contributed by atoms with Crippen LogP contribution in [0.25, 0.3) is 11.1 Å². The van der Waals surface area contributed by atoms with E-state index in [-0.39, 0.29) is 6.54 Å². The van der Waals surface area contributed by atoms with Crippen molar-refractivity contribution in [3.63, 3.8) is 0 Å². The number of aliphatic hydroxyl groups excluding tert-OH is 1. The summed E-state index contributed by atoms with van der Waals surface area (Å²) in [4.78, 5) is 0. The van der Waals surface area contributed by atoms with Crippen molar-refractivity contribution in [1.29, 1.82) is 0 Å². The molecule has 0 fully saturated rings. The second kappa shape index (κ2) is 5.67. The Kier molecular flexibility index (Phi) is 3.97. The summed E-state index contributed by atoms with van der Waals surface area (Å²) in [6.07, 6.45) is -0.600. The standard InChI is InChI=1S/C15H17NO2/c1-18-15-5-3-2-4-13(15)11-6-8-12(9-7-11)14(17)10-16/h2-9,14,17H,10,16H2,1H3. The zero-order valence-electron chi connectivity index (χ0n) is 10.3. The molecule has 0 bridgehead atoms. The van der Waals surface area contributed by atoms with Crippen molar-refractivity contribution in [2.45, 2.75) is 6.10 Å². The maximum absolute atomic E-state index is 9.64. The van der Waals surface area contributed by atoms with E-state index >= 15 is 0 Å². The summed E-state index contributed by atoms with van der Waals surface area (Å²) in [6, 6.07) is 15.6. The number of ether oxygens (including phenoxy) is 1. The van der Waals surface area contributed by atoms with Gasteiger partial charge in [-0.1, -0.05) is 42.5 Å². The van der Waals surface area contributed by atoms with Crippen LogP contribution in [0.5, 0.6) is 5.75 Å². The Hall–Kier alpha value is -1.84. The van der Waals surface area contributed by atoms with E-state index in [4.69, 9.17) is 10.5 Å². The van der Waals surface area contributed by atoms with Gasteiger partial charge in [-0.05, 0) is 17.2 Å². The third-order valence-electron chi connectivity index (χ3n) is 2.94. The minimum atomic E-state index is -0.600. The Labute approximate surface area is 107 Å². The summed E-state index contributed by atoms with van der Waals surface area (Å²) < 4.78 is 5.33. The zero-order valence-corrected chi connectivity index (χ0v) is 10.3. The van der Waals surface area contributed by atoms with Gasteiger partial charge in [0.15, 0.2) is 0 Å². The van der Waals surface area contributed by atoms with Gasteiger partial charge in [-0.25, -0.2) is 0 Å². The molecule has 3 nitrogen and oxygen atoms in total. The van der Waals surface area contributed by atoms with Crippen LogP contribution in [0.3, 0.4) is 0 Å². The lowest BCUT2D eigenvalue weighted by molar-refractivity contribution is 0.187. The fourth-order valence-electron chi connectivity index (χ4n) is 1.90. The summed E-state index contributed by atoms with van der Waals surface area (Å²) in [5.41, 5.74) is 8.35. The Balaban J connectivity index is 2.34. The molecule has 0 aliphatic carbocycles. The first-order valence-corrected chi connectivity index (χ1v) is 5.87. The molecule has 0 spiro atoms. The van der Waals surface area contributed by atoms with Crippen molar-refractivity contribution >= 4 is 0 Å². The quantitative estimate of drug-likeness (QED) is 0.866. The molecule has 94 valence electrons. The van der Waals surface area contributed by atoms with Crippen LogP contribution in [0.15, 0.2) is 48.5 Å². The number of methoxy groups -OCH3 is 1. The van der Waals surface area contributed by atoms with E-state index in [1.807, 2.05) is 48.5 Å². The largest absolute Gasteiger partial charge is 0.496 e. The predicted molar refractivity (Wildman–Crippen MR) is 72.4 cm³/mol. The Morgan fingerprint density at radius 3 is 2.39 bits per heavy atom. The molecule has 2 aromatic rings. The number of benzene rings is 2. The van der Waals surface area contributed by atoms with E-state index in [9.17, 15) is 5.11 Å². The second-order valence-electron chi connectivity index (χ2n) is 4.07. The minimum absolute atomic E-state index is 0.230. The fourth-order valence-corrected chi connectivity index (χ4v) is 1.90. The average molecular weight is 243 g/mol. The summed E-state index contributed by atoms with van der Waals surface area (Å²) >= 11 is 0. The maximum Gasteiger partial charge on any atom is 0.126 e. The Morgan fingerprint density at radius 1 is 1.11 bits per heavy atom. The van der Waals surface area contributed by atoms with Crippen LogP contribution >= 0.6 is 0 Å². The van der Waals surface area contributed by atoms with Gasteiger partial charge in [0.1, 0.15) is 5.75 Å². The monoisotopic (exact) mass is 243 g/mol. The molecule has 0 radical (unpaired) electrons. The Morgan fingerprint density at radius 2 is 1.78 bits per heavy atom. The first-order valence-electron chi connectivity index (χ1n) is 5.87. The third-order valence-corrected chi connectivity index (χ3v) is 2.94. The van der Waals surface area contributed by atoms with Crippen LogP contribution in [-0.4, -0.2) is 18.8 Å². The van der Waals surface area contributed by atoms with Crippen molar-refractivity contribution < 1.29 is 9.84 Å². The van der Waals surface area contributed by atoms with Crippen molar-refractivity contribution in [2.24, 2.45) is 5.73 Å². The number of hydrogen-bond acceptors (Lipinski definition) is 3. The van der Waals surface area contributed by atoms with Crippen LogP contribution in [0, 0.1) is 0 Å². The molecule has 2 aromatic carbocycles. The van der Waals surface area contributed by atoms with Crippen LogP contribution < -0.4 is 10.5 Å². The molecular weight excluding hydrogens is 226 g/mol. The Bertz CT molecular complexity index is 508. The van der Waals surface area contributed by atoms with Crippen molar-refractivity contribution in [3.05, 3.63) is 54.1 Å². The summed E-state index contributed by atoms with van der Waals surface area (Å²) in [7, 11) is 1.66. The van der Waals surface area contributed by atoms with Gasteiger partial charge < -0.3 is 15.6 Å². The topological polar surface area (TPSA) is 55.5 Å². The second-order valence-corrected chi connectivity index (χ2v) is 4.07. The number of aliphatic hydroxyl groups is 1. The van der Waals surface area contributed by atoms with Gasteiger partial charge in [-0.3, -0.25) is 0 Å². The van der Waals surface area contributed by atoms with Gasteiger partial charge in [-0.2, -0.15) is 0 Å². The highest BCUT2D eigenvalue weighted by atomic mass is 16.5. The molecule has 0 aliphatic rings. The van der Waals surface area contributed by atoms with Crippen LogP contribution in [-0.2, 0) is 0 Å². The van der Waals surface area contributed by atoms with E-state index in [1.165, 1.54) is 0 Å². The highest BCUT2D eigenvalue weighted by molar-refractivity contribution is 5.70. The summed E-state index contributed by atoms with van der Waals surface area (Å²) in [5, 5.41) is 9.64. The fraction of sp³-hybridized carbons (Fsp3) is 0.200. The van der Waals surface area contributed by atoms with Gasteiger partial charge in [0.2, 0.25) is 0 Å². The maximum atomic E-state index is 9.64. The molecule has 0 aliphatic heterocycles. The van der Waals surface area contributed by atoms with E-state index < -0.39 is 6.10 Å². The van der Waals surface area contributed by atoms with Crippen LogP contribution in [0.4, 0.5) is 0 Å². The van der Waals surface area contributed by atoms with Crippen LogP contribution in [0.1, 0.15) is 11.7 Å². The van der Waals surface area contributed by atoms with Gasteiger partial charge in [-0.15, -0.1) is 0 Å². The van der Waals surface area contributed by atoms with Crippen molar-refractivity contribution in [3.8, 4) is 16.9 Å². The molecule has 0 saturated heterocycles. The number of para-hydroxylation sites is 1. The lowest BCUT2D eigenvalue weighted by Gasteiger charge is -2.11. The van der Waals surface area contributed by atoms with Crippen LogP contribution in [0.2, 0.25) is 0 Å². The van der Waals surface area contributed by atoms with Gasteiger partial charge in [0, 0.05) is 12.1 Å². The molecule has 0 saturated carbocycles. The molecule has 1 atom stereocenters. The van der Waals surface area contributed by atoms with Crippen molar-refractivity contribution in [2.75, 3.05) is 13.7 Å². The average Bonchev–Trinajstić information content (AvgIpc) is 2.46. The smallest absolute Gasteiger partial charge is 0.126 e. The summed E-state index contributed by atoms with van der Waals surface area (Å²) in [6.45, 7) is 0.230. The molecule has 3 N–H and O–H groups in total. The molecule has 3 heteroatoms. The highest BCUT2D eigenvalue weighted by Crippen LogP contribution is 2.30. The van der Waals surface area contributed by atoms with E-state index in [2.05, 4.69) is 0 Å². The molecule has 1 unspecified atom stereocenters. The molecule has 18 heavy (non-hydrogen) atoms. The first-order chi connectivity index (χ1) is 8.76. The molecule has 0 amide bonds. The first kappa shape index (κ1) is 12.6. The SMILES string of the molecule is COc1ccccc1-c1ccc(C(O)CN)cc1. The molecule has 0 aromatic heterocycles. The van der Waals surface area contributed by atoms with E-state index in [0.29, 0.717) is 0 Å².